The largest absolute Gasteiger partial charge is 0.497 e. The van der Waals surface area contributed by atoms with E-state index in [9.17, 15) is 9.36 Å². The number of aryl methyl sites for hydroxylation is 1. The Hall–Kier alpha value is -1.48. The molecule has 0 bridgehead atoms. The molecule has 0 aliphatic carbocycles. The molecule has 0 heterocycles. The van der Waals surface area contributed by atoms with E-state index in [0.29, 0.717) is 18.3 Å². The molecule has 0 fully saturated rings. The van der Waals surface area contributed by atoms with E-state index in [-0.39, 0.29) is 15.6 Å². The van der Waals surface area contributed by atoms with Gasteiger partial charge < -0.3 is 14.0 Å². The number of carbonyl (C=O) groups excluding carboxylic acids is 1. The molecule has 0 N–H and O–H groups in total. The smallest absolute Gasteiger partial charge is 0.340 e. The van der Waals surface area contributed by atoms with Crippen LogP contribution in [-0.4, -0.2) is 33.0 Å². The SMILES string of the molecule is COC(=O)c1c(Cl)cc(CCP(C)(=O)c2cccc(OC)c2)cc1Cl. The van der Waals surface area contributed by atoms with Crippen molar-refractivity contribution in [2.45, 2.75) is 6.42 Å². The summed E-state index contributed by atoms with van der Waals surface area (Å²) < 4.78 is 22.9. The van der Waals surface area contributed by atoms with Crippen LogP contribution in [0.25, 0.3) is 0 Å². The van der Waals surface area contributed by atoms with Gasteiger partial charge in [-0.3, -0.25) is 0 Å². The predicted octanol–water partition coefficient (Wildman–Crippen LogP) is 4.65. The second kappa shape index (κ2) is 8.27. The molecular formula is C18H19Cl2O4P. The van der Waals surface area contributed by atoms with Crippen molar-refractivity contribution in [1.82, 2.24) is 0 Å². The molecule has 0 radical (unpaired) electrons. The van der Waals surface area contributed by atoms with Crippen LogP contribution in [0.5, 0.6) is 5.75 Å². The molecule has 25 heavy (non-hydrogen) atoms. The minimum Gasteiger partial charge on any atom is -0.497 e. The Morgan fingerprint density at radius 3 is 2.32 bits per heavy atom. The van der Waals surface area contributed by atoms with Gasteiger partial charge >= 0.3 is 5.97 Å². The second-order valence-corrected chi connectivity index (χ2v) is 9.68. The highest BCUT2D eigenvalue weighted by Gasteiger charge is 2.21. The van der Waals surface area contributed by atoms with Gasteiger partial charge in [-0.15, -0.1) is 0 Å². The highest BCUT2D eigenvalue weighted by molar-refractivity contribution is 7.70. The van der Waals surface area contributed by atoms with E-state index in [1.54, 1.807) is 32.0 Å². The minimum absolute atomic E-state index is 0.141. The highest BCUT2D eigenvalue weighted by atomic mass is 35.5. The number of esters is 1. The van der Waals surface area contributed by atoms with E-state index in [1.165, 1.54) is 7.11 Å². The second-order valence-electron chi connectivity index (χ2n) is 5.70. The maximum Gasteiger partial charge on any atom is 0.340 e. The molecule has 2 rings (SSSR count). The van der Waals surface area contributed by atoms with Gasteiger partial charge in [0.05, 0.1) is 29.8 Å². The Labute approximate surface area is 157 Å². The summed E-state index contributed by atoms with van der Waals surface area (Å²) in [6.07, 6.45) is 0.969. The molecule has 2 aromatic rings. The molecule has 0 aromatic heterocycles. The molecule has 0 amide bonds. The zero-order valence-electron chi connectivity index (χ0n) is 14.2. The number of hydrogen-bond donors (Lipinski definition) is 0. The van der Waals surface area contributed by atoms with Crippen molar-refractivity contribution in [3.63, 3.8) is 0 Å². The first-order valence-electron chi connectivity index (χ1n) is 7.56. The fraction of sp³-hybridized carbons (Fsp3) is 0.278. The summed E-state index contributed by atoms with van der Waals surface area (Å²) in [5, 5.41) is 1.21. The van der Waals surface area contributed by atoms with Crippen molar-refractivity contribution in [3.05, 3.63) is 57.6 Å². The number of carbonyl (C=O) groups is 1. The fourth-order valence-corrected chi connectivity index (χ4v) is 4.87. The quantitative estimate of drug-likeness (QED) is 0.523. The van der Waals surface area contributed by atoms with Crippen LogP contribution >= 0.6 is 30.3 Å². The third-order valence-corrected chi connectivity index (χ3v) is 6.96. The van der Waals surface area contributed by atoms with Crippen LogP contribution in [0.1, 0.15) is 15.9 Å². The number of benzene rings is 2. The first kappa shape index (κ1) is 19.8. The van der Waals surface area contributed by atoms with Crippen molar-refractivity contribution in [2.75, 3.05) is 27.0 Å². The van der Waals surface area contributed by atoms with Gasteiger partial charge in [-0.1, -0.05) is 35.3 Å². The molecular weight excluding hydrogens is 382 g/mol. The molecule has 4 nitrogen and oxygen atoms in total. The highest BCUT2D eigenvalue weighted by Crippen LogP contribution is 2.41. The number of hydrogen-bond acceptors (Lipinski definition) is 4. The van der Waals surface area contributed by atoms with Crippen LogP contribution in [-0.2, 0) is 15.7 Å². The van der Waals surface area contributed by atoms with E-state index < -0.39 is 13.1 Å². The minimum atomic E-state index is -2.58. The average molecular weight is 401 g/mol. The lowest BCUT2D eigenvalue weighted by molar-refractivity contribution is 0.0601. The third-order valence-electron chi connectivity index (χ3n) is 3.92. The van der Waals surface area contributed by atoms with Crippen LogP contribution in [0.4, 0.5) is 0 Å². The molecule has 0 aliphatic heterocycles. The van der Waals surface area contributed by atoms with Crippen molar-refractivity contribution in [1.29, 1.82) is 0 Å². The van der Waals surface area contributed by atoms with Gasteiger partial charge in [0.25, 0.3) is 0 Å². The summed E-state index contributed by atoms with van der Waals surface area (Å²) in [6, 6.07) is 10.6. The van der Waals surface area contributed by atoms with Gasteiger partial charge in [0.2, 0.25) is 0 Å². The number of halogens is 2. The standard InChI is InChI=1S/C18H19Cl2O4P/c1-23-13-5-4-6-14(11-13)25(3,22)8-7-12-9-15(19)17(16(20)10-12)18(21)24-2/h4-6,9-11H,7-8H2,1-3H3. The van der Waals surface area contributed by atoms with Gasteiger partial charge in [0.1, 0.15) is 12.9 Å². The van der Waals surface area contributed by atoms with Crippen molar-refractivity contribution in [2.24, 2.45) is 0 Å². The monoisotopic (exact) mass is 400 g/mol. The van der Waals surface area contributed by atoms with Gasteiger partial charge in [-0.2, -0.15) is 0 Å². The van der Waals surface area contributed by atoms with Crippen LogP contribution in [0, 0.1) is 0 Å². The topological polar surface area (TPSA) is 52.6 Å². The Bertz CT molecular complexity index is 813. The third kappa shape index (κ3) is 4.78. The van der Waals surface area contributed by atoms with Crippen molar-refractivity contribution < 1.29 is 18.8 Å². The van der Waals surface area contributed by atoms with E-state index in [2.05, 4.69) is 4.74 Å². The lowest BCUT2D eigenvalue weighted by Gasteiger charge is -2.15. The summed E-state index contributed by atoms with van der Waals surface area (Å²) in [6.45, 7) is 1.74. The number of ether oxygens (including phenoxy) is 2. The van der Waals surface area contributed by atoms with E-state index in [4.69, 9.17) is 27.9 Å². The van der Waals surface area contributed by atoms with Crippen LogP contribution < -0.4 is 10.0 Å². The molecule has 0 saturated heterocycles. The number of methoxy groups -OCH3 is 2. The zero-order valence-corrected chi connectivity index (χ0v) is 16.6. The van der Waals surface area contributed by atoms with Gasteiger partial charge in [-0.25, -0.2) is 4.79 Å². The van der Waals surface area contributed by atoms with Gasteiger partial charge in [0.15, 0.2) is 0 Å². The summed E-state index contributed by atoms with van der Waals surface area (Å²) in [4.78, 5) is 11.7. The molecule has 1 unspecified atom stereocenters. The van der Waals surface area contributed by atoms with Crippen molar-refractivity contribution in [3.8, 4) is 5.75 Å². The molecule has 2 aromatic carbocycles. The zero-order chi connectivity index (χ0) is 18.6. The summed E-state index contributed by atoms with van der Waals surface area (Å²) >= 11 is 12.3. The van der Waals surface area contributed by atoms with E-state index >= 15 is 0 Å². The Morgan fingerprint density at radius 2 is 1.76 bits per heavy atom. The van der Waals surface area contributed by atoms with Gasteiger partial charge in [-0.05, 0) is 42.9 Å². The molecule has 134 valence electrons. The summed E-state index contributed by atoms with van der Waals surface area (Å²) in [5.74, 6) is 0.0900. The average Bonchev–Trinajstić information content (AvgIpc) is 2.59. The molecule has 1 atom stereocenters. The molecule has 7 heteroatoms. The summed E-state index contributed by atoms with van der Waals surface area (Å²) in [7, 11) is 0.269. The van der Waals surface area contributed by atoms with Crippen LogP contribution in [0.3, 0.4) is 0 Å². The summed E-state index contributed by atoms with van der Waals surface area (Å²) in [5.41, 5.74) is 0.953. The Morgan fingerprint density at radius 1 is 1.12 bits per heavy atom. The first-order chi connectivity index (χ1) is 11.8. The van der Waals surface area contributed by atoms with Crippen LogP contribution in [0.15, 0.2) is 36.4 Å². The van der Waals surface area contributed by atoms with Crippen molar-refractivity contribution >= 4 is 41.6 Å². The fourth-order valence-electron chi connectivity index (χ4n) is 2.44. The maximum absolute atomic E-state index is 13.1. The normalized spacial score (nSPS) is 13.2. The lowest BCUT2D eigenvalue weighted by atomic mass is 10.1. The molecule has 0 saturated carbocycles. The molecule has 0 aliphatic rings. The predicted molar refractivity (Wildman–Crippen MR) is 103 cm³/mol. The van der Waals surface area contributed by atoms with E-state index in [1.807, 2.05) is 18.2 Å². The van der Waals surface area contributed by atoms with E-state index in [0.717, 1.165) is 10.9 Å². The first-order valence-corrected chi connectivity index (χ1v) is 10.7. The number of rotatable bonds is 6. The maximum atomic E-state index is 13.1. The Balaban J connectivity index is 2.20. The van der Waals surface area contributed by atoms with Crippen LogP contribution in [0.2, 0.25) is 10.0 Å². The Kier molecular flexibility index (Phi) is 6.56. The lowest BCUT2D eigenvalue weighted by Crippen LogP contribution is -2.09. The molecule has 0 spiro atoms. The van der Waals surface area contributed by atoms with Gasteiger partial charge in [0, 0.05) is 11.5 Å².